The van der Waals surface area contributed by atoms with Crippen LogP contribution in [-0.2, 0) is 14.2 Å². The lowest BCUT2D eigenvalue weighted by Crippen LogP contribution is -2.29. The second kappa shape index (κ2) is 4.63. The van der Waals surface area contributed by atoms with Gasteiger partial charge in [0, 0.05) is 0 Å². The summed E-state index contributed by atoms with van der Waals surface area (Å²) >= 11 is 0. The van der Waals surface area contributed by atoms with Crippen LogP contribution in [-0.4, -0.2) is 30.7 Å². The van der Waals surface area contributed by atoms with E-state index in [9.17, 15) is 0 Å². The van der Waals surface area contributed by atoms with Crippen LogP contribution in [0.15, 0.2) is 0 Å². The lowest BCUT2D eigenvalue weighted by molar-refractivity contribution is -0.0960. The third kappa shape index (κ3) is 4.81. The van der Waals surface area contributed by atoms with Crippen molar-refractivity contribution in [3.05, 3.63) is 0 Å². The molecule has 0 saturated carbocycles. The zero-order valence-corrected chi connectivity index (χ0v) is 11.7. The Morgan fingerprint density at radius 3 is 2.06 bits per heavy atom. The van der Waals surface area contributed by atoms with Gasteiger partial charge in [-0.25, -0.2) is 0 Å². The van der Waals surface area contributed by atoms with Gasteiger partial charge < -0.3 is 14.2 Å². The van der Waals surface area contributed by atoms with Gasteiger partial charge in [0.1, 0.15) is 6.10 Å². The molecule has 0 N–H and O–H groups in total. The molecule has 0 aromatic heterocycles. The highest BCUT2D eigenvalue weighted by molar-refractivity contribution is 4.88. The summed E-state index contributed by atoms with van der Waals surface area (Å²) in [6.45, 7) is 15.3. The maximum Gasteiger partial charge on any atom is 0.185 e. The zero-order valence-electron chi connectivity index (χ0n) is 11.7. The van der Waals surface area contributed by atoms with E-state index in [2.05, 4.69) is 41.5 Å². The first-order chi connectivity index (χ1) is 7.09. The van der Waals surface area contributed by atoms with Crippen molar-refractivity contribution in [2.45, 2.75) is 72.6 Å². The summed E-state index contributed by atoms with van der Waals surface area (Å²) in [6.07, 6.45) is 0.296. The Kier molecular flexibility index (Phi) is 4.04. The minimum Gasteiger partial charge on any atom is -0.371 e. The quantitative estimate of drug-likeness (QED) is 0.696. The summed E-state index contributed by atoms with van der Waals surface area (Å²) in [7, 11) is 0. The molecule has 0 aromatic rings. The number of hydrogen-bond donors (Lipinski definition) is 0. The standard InChI is InChI=1S/C13H26O3/c1-9(16-13(5,6)7)8-14-11-10(15-11)12(2,3)4/h9-11H,8H2,1-7H3. The van der Waals surface area contributed by atoms with Crippen LogP contribution < -0.4 is 0 Å². The van der Waals surface area contributed by atoms with Crippen molar-refractivity contribution in [3.8, 4) is 0 Å². The van der Waals surface area contributed by atoms with Gasteiger partial charge in [-0.3, -0.25) is 0 Å². The van der Waals surface area contributed by atoms with Crippen LogP contribution in [0.4, 0.5) is 0 Å². The summed E-state index contributed by atoms with van der Waals surface area (Å²) in [6, 6.07) is 0. The van der Waals surface area contributed by atoms with E-state index in [1.54, 1.807) is 0 Å². The van der Waals surface area contributed by atoms with Crippen LogP contribution in [0.2, 0.25) is 0 Å². The molecule has 0 aromatic carbocycles. The van der Waals surface area contributed by atoms with Crippen LogP contribution in [0.25, 0.3) is 0 Å². The Morgan fingerprint density at radius 2 is 1.69 bits per heavy atom. The molecule has 3 heteroatoms. The molecule has 3 nitrogen and oxygen atoms in total. The summed E-state index contributed by atoms with van der Waals surface area (Å²) in [5, 5.41) is 0. The van der Waals surface area contributed by atoms with Crippen LogP contribution in [0, 0.1) is 5.41 Å². The monoisotopic (exact) mass is 230 g/mol. The fraction of sp³-hybridized carbons (Fsp3) is 1.00. The summed E-state index contributed by atoms with van der Waals surface area (Å²) < 4.78 is 16.9. The molecule has 1 saturated heterocycles. The molecule has 96 valence electrons. The average molecular weight is 230 g/mol. The second-order valence-corrected chi connectivity index (χ2v) is 6.67. The average Bonchev–Trinajstić information content (AvgIpc) is 2.74. The van der Waals surface area contributed by atoms with Crippen molar-refractivity contribution in [2.75, 3.05) is 6.61 Å². The molecule has 0 radical (unpaired) electrons. The molecule has 0 bridgehead atoms. The Morgan fingerprint density at radius 1 is 1.12 bits per heavy atom. The summed E-state index contributed by atoms with van der Waals surface area (Å²) in [5.74, 6) is 0. The Bertz CT molecular complexity index is 222. The smallest absolute Gasteiger partial charge is 0.185 e. The summed E-state index contributed by atoms with van der Waals surface area (Å²) in [4.78, 5) is 0. The highest BCUT2D eigenvalue weighted by atomic mass is 16.8. The molecule has 1 rings (SSSR count). The molecule has 1 aliphatic rings. The Labute approximate surface area is 99.5 Å². The third-order valence-electron chi connectivity index (χ3n) is 2.35. The lowest BCUT2D eigenvalue weighted by Gasteiger charge is -2.24. The normalized spacial score (nSPS) is 27.9. The minimum atomic E-state index is -0.114. The van der Waals surface area contributed by atoms with Crippen LogP contribution in [0.5, 0.6) is 0 Å². The van der Waals surface area contributed by atoms with E-state index in [1.165, 1.54) is 0 Å². The van der Waals surface area contributed by atoms with Crippen molar-refractivity contribution in [1.82, 2.24) is 0 Å². The fourth-order valence-electron chi connectivity index (χ4n) is 1.71. The van der Waals surface area contributed by atoms with Crippen molar-refractivity contribution in [1.29, 1.82) is 0 Å². The SMILES string of the molecule is CC(COC1OC1C(C)(C)C)OC(C)(C)C. The van der Waals surface area contributed by atoms with Gasteiger partial charge in [0.25, 0.3) is 0 Å². The predicted molar refractivity (Wildman–Crippen MR) is 64.4 cm³/mol. The molecule has 0 amide bonds. The number of epoxide rings is 1. The maximum atomic E-state index is 5.76. The van der Waals surface area contributed by atoms with Crippen LogP contribution in [0.1, 0.15) is 48.5 Å². The van der Waals surface area contributed by atoms with Gasteiger partial charge in [-0.15, -0.1) is 0 Å². The van der Waals surface area contributed by atoms with Gasteiger partial charge in [-0.05, 0) is 33.1 Å². The Balaban J connectivity index is 2.18. The van der Waals surface area contributed by atoms with Gasteiger partial charge in [0.15, 0.2) is 6.29 Å². The molecule has 3 atom stereocenters. The molecule has 16 heavy (non-hydrogen) atoms. The van der Waals surface area contributed by atoms with E-state index in [1.807, 2.05) is 6.92 Å². The topological polar surface area (TPSA) is 31.0 Å². The van der Waals surface area contributed by atoms with Crippen molar-refractivity contribution >= 4 is 0 Å². The van der Waals surface area contributed by atoms with Gasteiger partial charge in [0.05, 0.1) is 18.3 Å². The number of ether oxygens (including phenoxy) is 3. The molecule has 0 spiro atoms. The number of rotatable bonds is 4. The number of hydrogen-bond acceptors (Lipinski definition) is 3. The first-order valence-corrected chi connectivity index (χ1v) is 6.04. The first-order valence-electron chi connectivity index (χ1n) is 6.04. The van der Waals surface area contributed by atoms with Crippen LogP contribution >= 0.6 is 0 Å². The fourth-order valence-corrected chi connectivity index (χ4v) is 1.71. The molecule has 1 aliphatic heterocycles. The molecular weight excluding hydrogens is 204 g/mol. The predicted octanol–water partition coefficient (Wildman–Crippen LogP) is 2.98. The van der Waals surface area contributed by atoms with E-state index in [0.717, 1.165) is 0 Å². The maximum absolute atomic E-state index is 5.76. The lowest BCUT2D eigenvalue weighted by atomic mass is 9.92. The van der Waals surface area contributed by atoms with Gasteiger partial charge >= 0.3 is 0 Å². The molecular formula is C13H26O3. The van der Waals surface area contributed by atoms with E-state index in [4.69, 9.17) is 14.2 Å². The molecule has 3 unspecified atom stereocenters. The second-order valence-electron chi connectivity index (χ2n) is 6.67. The van der Waals surface area contributed by atoms with Crippen molar-refractivity contribution < 1.29 is 14.2 Å². The van der Waals surface area contributed by atoms with Crippen molar-refractivity contribution in [2.24, 2.45) is 5.41 Å². The van der Waals surface area contributed by atoms with Crippen LogP contribution in [0.3, 0.4) is 0 Å². The van der Waals surface area contributed by atoms with E-state index < -0.39 is 0 Å². The largest absolute Gasteiger partial charge is 0.371 e. The van der Waals surface area contributed by atoms with Gasteiger partial charge in [0.2, 0.25) is 0 Å². The third-order valence-corrected chi connectivity index (χ3v) is 2.35. The van der Waals surface area contributed by atoms with E-state index >= 15 is 0 Å². The molecule has 1 heterocycles. The van der Waals surface area contributed by atoms with E-state index in [-0.39, 0.29) is 29.5 Å². The van der Waals surface area contributed by atoms with Crippen molar-refractivity contribution in [3.63, 3.8) is 0 Å². The van der Waals surface area contributed by atoms with Gasteiger partial charge in [-0.2, -0.15) is 0 Å². The van der Waals surface area contributed by atoms with Gasteiger partial charge in [-0.1, -0.05) is 20.8 Å². The summed E-state index contributed by atoms with van der Waals surface area (Å²) in [5.41, 5.74) is 0.0510. The first kappa shape index (κ1) is 13.9. The Hall–Kier alpha value is -0.120. The minimum absolute atomic E-state index is 0.0361. The zero-order chi connectivity index (χ0) is 12.6. The van der Waals surface area contributed by atoms with E-state index in [0.29, 0.717) is 6.61 Å². The highest BCUT2D eigenvalue weighted by Crippen LogP contribution is 2.38. The molecule has 0 aliphatic carbocycles. The highest BCUT2D eigenvalue weighted by Gasteiger charge is 2.48. The molecule has 1 fully saturated rings.